The van der Waals surface area contributed by atoms with Gasteiger partial charge in [0, 0.05) is 18.5 Å². The fourth-order valence-electron chi connectivity index (χ4n) is 3.16. The topological polar surface area (TPSA) is 29.3 Å². The third-order valence-corrected chi connectivity index (χ3v) is 4.29. The molecule has 19 heavy (non-hydrogen) atoms. The number of hydrogen-bond acceptors (Lipinski definition) is 2. The van der Waals surface area contributed by atoms with Crippen LogP contribution in [0.2, 0.25) is 0 Å². The van der Waals surface area contributed by atoms with Gasteiger partial charge in [-0.25, -0.2) is 0 Å². The maximum absolute atomic E-state index is 5.83. The summed E-state index contributed by atoms with van der Waals surface area (Å²) in [4.78, 5) is 3.24. The third kappa shape index (κ3) is 3.77. The van der Waals surface area contributed by atoms with E-state index in [1.165, 1.54) is 37.8 Å². The Morgan fingerprint density at radius 3 is 2.74 bits per heavy atom. The number of rotatable bonds is 5. The number of likely N-dealkylation sites (tertiary alicyclic amines) is 1. The number of nitrogens with two attached hydrogens (primary N) is 1. The summed E-state index contributed by atoms with van der Waals surface area (Å²) in [5.41, 5.74) is 7.17. The minimum absolute atomic E-state index is 0.351. The van der Waals surface area contributed by atoms with Gasteiger partial charge in [0.15, 0.2) is 0 Å². The molecule has 2 rings (SSSR count). The van der Waals surface area contributed by atoms with E-state index in [-0.39, 0.29) is 0 Å². The molecule has 2 atom stereocenters. The average Bonchev–Trinajstić information content (AvgIpc) is 2.45. The zero-order chi connectivity index (χ0) is 13.7. The van der Waals surface area contributed by atoms with Crippen LogP contribution in [0.25, 0.3) is 0 Å². The second-order valence-corrected chi connectivity index (χ2v) is 5.92. The molecule has 0 bridgehead atoms. The standard InChI is InChI=1S/C16H24N2S/c1-2-14-10-6-7-11-18(14)15(12-16(17)19)13-8-4-3-5-9-13/h3-5,8-9,14-15H,2,6-7,10-12H2,1H3,(H2,17,19). The SMILES string of the molecule is CCC1CCCCN1C(CC(N)=S)c1ccccc1. The van der Waals surface area contributed by atoms with Crippen LogP contribution < -0.4 is 5.73 Å². The van der Waals surface area contributed by atoms with E-state index in [1.807, 2.05) is 0 Å². The summed E-state index contributed by atoms with van der Waals surface area (Å²) in [6.07, 6.45) is 5.94. The number of benzene rings is 1. The molecule has 0 amide bonds. The molecule has 2 nitrogen and oxygen atoms in total. The van der Waals surface area contributed by atoms with Crippen molar-refractivity contribution in [2.45, 2.75) is 51.1 Å². The minimum atomic E-state index is 0.351. The Morgan fingerprint density at radius 2 is 2.11 bits per heavy atom. The number of piperidine rings is 1. The molecule has 2 unspecified atom stereocenters. The summed E-state index contributed by atoms with van der Waals surface area (Å²) in [5, 5.41) is 0. The van der Waals surface area contributed by atoms with Gasteiger partial charge in [-0.1, -0.05) is 55.9 Å². The fraction of sp³-hybridized carbons (Fsp3) is 0.562. The Balaban J connectivity index is 2.23. The zero-order valence-electron chi connectivity index (χ0n) is 11.7. The minimum Gasteiger partial charge on any atom is -0.393 e. The van der Waals surface area contributed by atoms with Gasteiger partial charge in [0.25, 0.3) is 0 Å². The highest BCUT2D eigenvalue weighted by atomic mass is 32.1. The highest BCUT2D eigenvalue weighted by Gasteiger charge is 2.28. The normalized spacial score (nSPS) is 22.1. The molecule has 0 aromatic heterocycles. The van der Waals surface area contributed by atoms with Crippen LogP contribution in [0.5, 0.6) is 0 Å². The van der Waals surface area contributed by atoms with Crippen molar-refractivity contribution in [3.8, 4) is 0 Å². The van der Waals surface area contributed by atoms with E-state index in [0.717, 1.165) is 6.42 Å². The first-order valence-electron chi connectivity index (χ1n) is 7.31. The molecule has 1 aromatic carbocycles. The number of hydrogen-bond donors (Lipinski definition) is 1. The van der Waals surface area contributed by atoms with Crippen molar-refractivity contribution >= 4 is 17.2 Å². The van der Waals surface area contributed by atoms with Crippen molar-refractivity contribution in [2.24, 2.45) is 5.73 Å². The molecule has 1 fully saturated rings. The molecule has 0 aliphatic carbocycles. The van der Waals surface area contributed by atoms with E-state index >= 15 is 0 Å². The van der Waals surface area contributed by atoms with Gasteiger partial charge in [0.2, 0.25) is 0 Å². The first-order chi connectivity index (χ1) is 9.22. The Morgan fingerprint density at radius 1 is 1.37 bits per heavy atom. The highest BCUT2D eigenvalue weighted by molar-refractivity contribution is 7.80. The van der Waals surface area contributed by atoms with Gasteiger partial charge in [-0.3, -0.25) is 4.90 Å². The molecule has 0 saturated carbocycles. The average molecular weight is 276 g/mol. The van der Waals surface area contributed by atoms with Crippen LogP contribution in [0.4, 0.5) is 0 Å². The first-order valence-corrected chi connectivity index (χ1v) is 7.72. The summed E-state index contributed by atoms with van der Waals surface area (Å²) in [6, 6.07) is 11.7. The second-order valence-electron chi connectivity index (χ2n) is 5.39. The lowest BCUT2D eigenvalue weighted by Crippen LogP contribution is -2.42. The Kier molecular flexibility index (Phi) is 5.34. The van der Waals surface area contributed by atoms with Crippen molar-refractivity contribution < 1.29 is 0 Å². The number of nitrogens with zero attached hydrogens (tertiary/aromatic N) is 1. The highest BCUT2D eigenvalue weighted by Crippen LogP contribution is 2.32. The van der Waals surface area contributed by atoms with E-state index in [0.29, 0.717) is 17.1 Å². The Hall–Kier alpha value is -0.930. The molecule has 1 aromatic rings. The summed E-state index contributed by atoms with van der Waals surface area (Å²) in [7, 11) is 0. The van der Waals surface area contributed by atoms with Crippen LogP contribution in [0.1, 0.15) is 50.6 Å². The summed E-state index contributed by atoms with van der Waals surface area (Å²) in [5.74, 6) is 0. The first kappa shape index (κ1) is 14.5. The van der Waals surface area contributed by atoms with Crippen molar-refractivity contribution in [1.82, 2.24) is 4.90 Å². The maximum atomic E-state index is 5.83. The Labute approximate surface area is 122 Å². The number of thiocarbonyl (C=S) groups is 1. The lowest BCUT2D eigenvalue weighted by atomic mass is 9.93. The molecule has 1 aliphatic heterocycles. The van der Waals surface area contributed by atoms with E-state index in [9.17, 15) is 0 Å². The quantitative estimate of drug-likeness (QED) is 0.832. The molecule has 1 aliphatic rings. The van der Waals surface area contributed by atoms with E-state index < -0.39 is 0 Å². The molecule has 3 heteroatoms. The predicted octanol–water partition coefficient (Wildman–Crippen LogP) is 3.67. The van der Waals surface area contributed by atoms with Crippen LogP contribution in [0.3, 0.4) is 0 Å². The second kappa shape index (κ2) is 7.01. The van der Waals surface area contributed by atoms with Crippen LogP contribution in [0.15, 0.2) is 30.3 Å². The molecule has 104 valence electrons. The molecule has 1 heterocycles. The molecular formula is C16H24N2S. The van der Waals surface area contributed by atoms with Gasteiger partial charge >= 0.3 is 0 Å². The van der Waals surface area contributed by atoms with Crippen molar-refractivity contribution in [1.29, 1.82) is 0 Å². The molecule has 2 N–H and O–H groups in total. The van der Waals surface area contributed by atoms with Crippen LogP contribution in [0, 0.1) is 0 Å². The third-order valence-electron chi connectivity index (χ3n) is 4.12. The van der Waals surface area contributed by atoms with E-state index in [2.05, 4.69) is 42.2 Å². The summed E-state index contributed by atoms with van der Waals surface area (Å²) < 4.78 is 0. The van der Waals surface area contributed by atoms with E-state index in [1.54, 1.807) is 0 Å². The smallest absolute Gasteiger partial charge is 0.0746 e. The van der Waals surface area contributed by atoms with Crippen LogP contribution in [-0.4, -0.2) is 22.5 Å². The lowest BCUT2D eigenvalue weighted by Gasteiger charge is -2.41. The van der Waals surface area contributed by atoms with E-state index in [4.69, 9.17) is 18.0 Å². The summed E-state index contributed by atoms with van der Waals surface area (Å²) in [6.45, 7) is 3.45. The van der Waals surface area contributed by atoms with Crippen molar-refractivity contribution in [3.63, 3.8) is 0 Å². The molecule has 0 radical (unpaired) electrons. The van der Waals surface area contributed by atoms with Crippen LogP contribution >= 0.6 is 12.2 Å². The van der Waals surface area contributed by atoms with Crippen molar-refractivity contribution in [3.05, 3.63) is 35.9 Å². The largest absolute Gasteiger partial charge is 0.393 e. The van der Waals surface area contributed by atoms with Gasteiger partial charge in [-0.15, -0.1) is 0 Å². The monoisotopic (exact) mass is 276 g/mol. The fourth-order valence-corrected chi connectivity index (χ4v) is 3.32. The molecular weight excluding hydrogens is 252 g/mol. The predicted molar refractivity (Wildman–Crippen MR) is 85.2 cm³/mol. The maximum Gasteiger partial charge on any atom is 0.0746 e. The lowest BCUT2D eigenvalue weighted by molar-refractivity contribution is 0.0945. The zero-order valence-corrected chi connectivity index (χ0v) is 12.5. The summed E-state index contributed by atoms with van der Waals surface area (Å²) >= 11 is 5.17. The van der Waals surface area contributed by atoms with Gasteiger partial charge in [-0.2, -0.15) is 0 Å². The van der Waals surface area contributed by atoms with Gasteiger partial charge in [-0.05, 0) is 31.4 Å². The van der Waals surface area contributed by atoms with Gasteiger partial charge in [0.1, 0.15) is 0 Å². The molecule has 0 spiro atoms. The van der Waals surface area contributed by atoms with Gasteiger partial charge < -0.3 is 5.73 Å². The Bertz CT molecular complexity index is 404. The molecule has 1 saturated heterocycles. The van der Waals surface area contributed by atoms with Crippen LogP contribution in [-0.2, 0) is 0 Å². The van der Waals surface area contributed by atoms with Gasteiger partial charge in [0.05, 0.1) is 4.99 Å². The van der Waals surface area contributed by atoms with Crippen molar-refractivity contribution in [2.75, 3.05) is 6.54 Å².